The predicted molar refractivity (Wildman–Crippen MR) is 153 cm³/mol. The van der Waals surface area contributed by atoms with Crippen LogP contribution >= 0.6 is 0 Å². The van der Waals surface area contributed by atoms with Gasteiger partial charge in [-0.05, 0) is 88.6 Å². The molecule has 1 amide bonds. The van der Waals surface area contributed by atoms with Crippen molar-refractivity contribution >= 4 is 15.9 Å². The van der Waals surface area contributed by atoms with Gasteiger partial charge in [-0.25, -0.2) is 8.42 Å². The molecule has 38 heavy (non-hydrogen) atoms. The van der Waals surface area contributed by atoms with Gasteiger partial charge in [-0.15, -0.1) is 0 Å². The van der Waals surface area contributed by atoms with E-state index in [2.05, 4.69) is 17.4 Å². The van der Waals surface area contributed by atoms with Gasteiger partial charge in [-0.1, -0.05) is 61.7 Å². The molecule has 0 radical (unpaired) electrons. The summed E-state index contributed by atoms with van der Waals surface area (Å²) in [5.74, 6) is 0.785. The molecule has 1 saturated carbocycles. The van der Waals surface area contributed by atoms with E-state index in [-0.39, 0.29) is 24.0 Å². The Labute approximate surface area is 229 Å². The van der Waals surface area contributed by atoms with E-state index in [1.807, 2.05) is 49.9 Å². The van der Waals surface area contributed by atoms with Crippen molar-refractivity contribution in [2.24, 2.45) is 5.92 Å². The topological polar surface area (TPSA) is 69.7 Å². The van der Waals surface area contributed by atoms with Crippen molar-refractivity contribution in [1.29, 1.82) is 0 Å². The fourth-order valence-electron chi connectivity index (χ4n) is 6.15. The molecule has 7 heteroatoms. The third-order valence-corrected chi connectivity index (χ3v) is 10.3. The zero-order chi connectivity index (χ0) is 27.1. The maximum absolute atomic E-state index is 13.8. The van der Waals surface area contributed by atoms with Crippen LogP contribution in [-0.2, 0) is 21.2 Å². The Bertz CT molecular complexity index is 1140. The Kier molecular flexibility index (Phi) is 10.0. The predicted octanol–water partition coefficient (Wildman–Crippen LogP) is 5.17. The maximum Gasteiger partial charge on any atom is 0.243 e. The highest BCUT2D eigenvalue weighted by Crippen LogP contribution is 2.28. The summed E-state index contributed by atoms with van der Waals surface area (Å²) in [4.78, 5) is 16.1. The molecule has 1 aliphatic carbocycles. The quantitative estimate of drug-likeness (QED) is 0.453. The second-order valence-corrected chi connectivity index (χ2v) is 13.3. The van der Waals surface area contributed by atoms with Crippen LogP contribution in [0.3, 0.4) is 0 Å². The fourth-order valence-corrected chi connectivity index (χ4v) is 8.14. The van der Waals surface area contributed by atoms with Crippen LogP contribution in [0.5, 0.6) is 0 Å². The Morgan fingerprint density at radius 2 is 1.66 bits per heavy atom. The number of hydrogen-bond donors (Lipinski definition) is 1. The average Bonchev–Trinajstić information content (AvgIpc) is 2.92. The molecule has 2 fully saturated rings. The van der Waals surface area contributed by atoms with Crippen molar-refractivity contribution in [1.82, 2.24) is 14.5 Å². The first-order valence-electron chi connectivity index (χ1n) is 14.4. The molecular formula is C31H45N3O3S. The van der Waals surface area contributed by atoms with E-state index in [1.165, 1.54) is 32.1 Å². The lowest BCUT2D eigenvalue weighted by Gasteiger charge is -2.40. The van der Waals surface area contributed by atoms with Crippen LogP contribution in [0.1, 0.15) is 69.9 Å². The summed E-state index contributed by atoms with van der Waals surface area (Å²) in [7, 11) is -3.62. The van der Waals surface area contributed by atoms with E-state index < -0.39 is 10.0 Å². The van der Waals surface area contributed by atoms with Gasteiger partial charge in [-0.3, -0.25) is 4.79 Å². The molecule has 1 N–H and O–H groups in total. The van der Waals surface area contributed by atoms with Crippen LogP contribution in [0.15, 0.2) is 59.5 Å². The molecule has 2 aromatic rings. The Morgan fingerprint density at radius 1 is 0.974 bits per heavy atom. The number of benzene rings is 2. The zero-order valence-corrected chi connectivity index (χ0v) is 24.1. The van der Waals surface area contributed by atoms with E-state index in [9.17, 15) is 13.2 Å². The molecule has 0 unspecified atom stereocenters. The second-order valence-electron chi connectivity index (χ2n) is 11.5. The van der Waals surface area contributed by atoms with Crippen LogP contribution in [0.25, 0.3) is 0 Å². The maximum atomic E-state index is 13.8. The van der Waals surface area contributed by atoms with Gasteiger partial charge in [-0.2, -0.15) is 4.31 Å². The summed E-state index contributed by atoms with van der Waals surface area (Å²) >= 11 is 0. The highest BCUT2D eigenvalue weighted by Gasteiger charge is 2.37. The average molecular weight is 540 g/mol. The van der Waals surface area contributed by atoms with Gasteiger partial charge >= 0.3 is 0 Å². The Hall–Kier alpha value is -2.22. The minimum atomic E-state index is -3.62. The van der Waals surface area contributed by atoms with Crippen molar-refractivity contribution < 1.29 is 13.2 Å². The monoisotopic (exact) mass is 539 g/mol. The van der Waals surface area contributed by atoms with Crippen molar-refractivity contribution in [3.05, 3.63) is 65.7 Å². The lowest BCUT2D eigenvalue weighted by Crippen LogP contribution is -2.55. The van der Waals surface area contributed by atoms with Gasteiger partial charge < -0.3 is 10.2 Å². The number of sulfonamides is 1. The molecule has 6 nitrogen and oxygen atoms in total. The number of likely N-dealkylation sites (tertiary alicyclic amines) is 1. The van der Waals surface area contributed by atoms with Crippen molar-refractivity contribution in [3.8, 4) is 0 Å². The number of piperidine rings is 1. The van der Waals surface area contributed by atoms with E-state index >= 15 is 0 Å². The molecule has 1 heterocycles. The first-order valence-corrected chi connectivity index (χ1v) is 15.9. The highest BCUT2D eigenvalue weighted by atomic mass is 32.2. The number of nitrogens with one attached hydrogen (secondary N) is 1. The van der Waals surface area contributed by atoms with E-state index in [0.29, 0.717) is 43.2 Å². The van der Waals surface area contributed by atoms with E-state index in [0.717, 1.165) is 17.7 Å². The largest absolute Gasteiger partial charge is 0.341 e. The summed E-state index contributed by atoms with van der Waals surface area (Å²) in [5.41, 5.74) is 2.09. The summed E-state index contributed by atoms with van der Waals surface area (Å²) in [6.45, 7) is 7.83. The zero-order valence-electron chi connectivity index (χ0n) is 23.3. The molecule has 2 aliphatic rings. The lowest BCUT2D eigenvalue weighted by atomic mass is 9.89. The van der Waals surface area contributed by atoms with Gasteiger partial charge in [0.25, 0.3) is 0 Å². The lowest BCUT2D eigenvalue weighted by molar-refractivity contribution is -0.134. The number of carbonyl (C=O) groups is 1. The van der Waals surface area contributed by atoms with Gasteiger partial charge in [0, 0.05) is 25.2 Å². The normalized spacial score (nSPS) is 18.7. The fraction of sp³-hybridized carbons (Fsp3) is 0.581. The van der Waals surface area contributed by atoms with Crippen LogP contribution in [-0.4, -0.2) is 61.3 Å². The minimum absolute atomic E-state index is 0.118. The third-order valence-electron chi connectivity index (χ3n) is 8.17. The number of nitrogens with zero attached hydrogens (tertiary/aromatic N) is 2. The number of hydrogen-bond acceptors (Lipinski definition) is 4. The molecule has 0 aromatic heterocycles. The van der Waals surface area contributed by atoms with E-state index in [4.69, 9.17) is 0 Å². The molecule has 1 saturated heterocycles. The summed E-state index contributed by atoms with van der Waals surface area (Å²) in [5, 5.41) is 3.64. The standard InChI is InChI=1S/C31H45N3O3S/c1-24(2)34(38(36,37)29-16-10-11-25(3)21-29)28-17-19-33(20-18-28)31(35)30(22-26-12-6-4-7-13-26)32-23-27-14-8-5-9-15-27/h4,6-7,10-13,16,21,24,27-28,30,32H,5,8-9,14-15,17-20,22-23H2,1-3H3/t30-/m0/s1. The van der Waals surface area contributed by atoms with Crippen LogP contribution in [0, 0.1) is 12.8 Å². The minimum Gasteiger partial charge on any atom is -0.341 e. The number of amides is 1. The van der Waals surface area contributed by atoms with Crippen molar-refractivity contribution in [2.45, 2.75) is 95.2 Å². The first kappa shape index (κ1) is 28.8. The van der Waals surface area contributed by atoms with Crippen LogP contribution in [0.4, 0.5) is 0 Å². The molecular weight excluding hydrogens is 494 g/mol. The molecule has 2 aromatic carbocycles. The Morgan fingerprint density at radius 3 is 2.29 bits per heavy atom. The van der Waals surface area contributed by atoms with E-state index in [1.54, 1.807) is 22.5 Å². The van der Waals surface area contributed by atoms with Crippen molar-refractivity contribution in [3.63, 3.8) is 0 Å². The molecule has 4 rings (SSSR count). The third kappa shape index (κ3) is 7.25. The SMILES string of the molecule is Cc1cccc(S(=O)(=O)N(C(C)C)C2CCN(C(=O)[C@H](Cc3ccccc3)NCC3CCCCC3)CC2)c1. The Balaban J connectivity index is 1.43. The summed E-state index contributed by atoms with van der Waals surface area (Å²) < 4.78 is 28.9. The van der Waals surface area contributed by atoms with Gasteiger partial charge in [0.2, 0.25) is 15.9 Å². The second kappa shape index (κ2) is 13.2. The molecule has 0 spiro atoms. The summed E-state index contributed by atoms with van der Waals surface area (Å²) in [6, 6.07) is 16.8. The number of rotatable bonds is 10. The number of carbonyl (C=O) groups excluding carboxylic acids is 1. The van der Waals surface area contributed by atoms with Crippen molar-refractivity contribution in [2.75, 3.05) is 19.6 Å². The van der Waals surface area contributed by atoms with Crippen LogP contribution in [0.2, 0.25) is 0 Å². The van der Waals surface area contributed by atoms with Gasteiger partial charge in [0.1, 0.15) is 0 Å². The van der Waals surface area contributed by atoms with Gasteiger partial charge in [0.05, 0.1) is 10.9 Å². The van der Waals surface area contributed by atoms with Crippen LogP contribution < -0.4 is 5.32 Å². The number of aryl methyl sites for hydroxylation is 1. The molecule has 1 aliphatic heterocycles. The van der Waals surface area contributed by atoms with Gasteiger partial charge in [0.15, 0.2) is 0 Å². The summed E-state index contributed by atoms with van der Waals surface area (Å²) in [6.07, 6.45) is 8.35. The first-order chi connectivity index (χ1) is 18.3. The molecule has 1 atom stereocenters. The highest BCUT2D eigenvalue weighted by molar-refractivity contribution is 7.89. The molecule has 0 bridgehead atoms. The smallest absolute Gasteiger partial charge is 0.243 e. The molecule has 208 valence electrons.